The molecule has 1 atom stereocenters. The van der Waals surface area contributed by atoms with E-state index in [0.29, 0.717) is 0 Å². The third-order valence-electron chi connectivity index (χ3n) is 2.79. The fourth-order valence-electron chi connectivity index (χ4n) is 1.55. The van der Waals surface area contributed by atoms with Gasteiger partial charge in [0.2, 0.25) is 5.91 Å². The van der Waals surface area contributed by atoms with E-state index < -0.39 is 0 Å². The summed E-state index contributed by atoms with van der Waals surface area (Å²) in [5, 5.41) is 3.02. The molecule has 1 amide bonds. The highest BCUT2D eigenvalue weighted by atomic mass is 16.2. The summed E-state index contributed by atoms with van der Waals surface area (Å²) in [5.74, 6) is -0.0171. The van der Waals surface area contributed by atoms with Gasteiger partial charge in [-0.25, -0.2) is 0 Å². The predicted molar refractivity (Wildman–Crippen MR) is 48.7 cm³/mol. The number of carbonyl (C=O) groups excluding carboxylic acids is 1. The topological polar surface area (TPSA) is 55.1 Å². The fourth-order valence-corrected chi connectivity index (χ4v) is 1.55. The first kappa shape index (κ1) is 9.52. The van der Waals surface area contributed by atoms with Crippen molar-refractivity contribution in [1.82, 2.24) is 5.32 Å². The molecule has 1 aliphatic carbocycles. The molecule has 0 aliphatic heterocycles. The summed E-state index contributed by atoms with van der Waals surface area (Å²) in [7, 11) is 0. The minimum Gasteiger partial charge on any atom is -0.349 e. The molecule has 1 aliphatic rings. The Hall–Kier alpha value is -0.570. The van der Waals surface area contributed by atoms with Crippen LogP contribution < -0.4 is 11.1 Å². The normalized spacial score (nSPS) is 22.6. The maximum atomic E-state index is 11.3. The molecule has 1 fully saturated rings. The molecular weight excluding hydrogens is 152 g/mol. The van der Waals surface area contributed by atoms with Gasteiger partial charge in [-0.1, -0.05) is 6.92 Å². The minimum atomic E-state index is -0.381. The molecule has 0 unspecified atom stereocenters. The van der Waals surface area contributed by atoms with Gasteiger partial charge in [-0.15, -0.1) is 0 Å². The van der Waals surface area contributed by atoms with Crippen molar-refractivity contribution in [2.75, 3.05) is 0 Å². The Balaban J connectivity index is 2.43. The molecule has 0 aromatic heterocycles. The molecule has 0 saturated heterocycles. The lowest BCUT2D eigenvalue weighted by atomic mass is 9.74. The van der Waals surface area contributed by atoms with Crippen LogP contribution in [0.5, 0.6) is 0 Å². The highest BCUT2D eigenvalue weighted by molar-refractivity contribution is 5.81. The van der Waals surface area contributed by atoms with Gasteiger partial charge in [0.15, 0.2) is 0 Å². The second kappa shape index (κ2) is 3.44. The number of amides is 1. The number of hydrogen-bond donors (Lipinski definition) is 2. The Morgan fingerprint density at radius 1 is 1.67 bits per heavy atom. The summed E-state index contributed by atoms with van der Waals surface area (Å²) in [6, 6.07) is -0.381. The molecule has 0 spiro atoms. The Bertz CT molecular complexity index is 168. The molecule has 3 heteroatoms. The van der Waals surface area contributed by atoms with E-state index in [1.54, 1.807) is 6.92 Å². The summed E-state index contributed by atoms with van der Waals surface area (Å²) in [5.41, 5.74) is 5.55. The summed E-state index contributed by atoms with van der Waals surface area (Å²) in [6.45, 7) is 3.83. The number of rotatable bonds is 3. The van der Waals surface area contributed by atoms with Gasteiger partial charge in [0.05, 0.1) is 6.04 Å². The van der Waals surface area contributed by atoms with Crippen molar-refractivity contribution in [3.8, 4) is 0 Å². The Labute approximate surface area is 73.7 Å². The van der Waals surface area contributed by atoms with Crippen LogP contribution >= 0.6 is 0 Å². The van der Waals surface area contributed by atoms with Crippen molar-refractivity contribution >= 4 is 5.91 Å². The Morgan fingerprint density at radius 3 is 2.50 bits per heavy atom. The van der Waals surface area contributed by atoms with Crippen molar-refractivity contribution in [2.45, 2.75) is 51.1 Å². The zero-order chi connectivity index (χ0) is 9.19. The minimum absolute atomic E-state index is 0.0171. The van der Waals surface area contributed by atoms with Gasteiger partial charge in [-0.05, 0) is 32.6 Å². The Kier molecular flexibility index (Phi) is 2.73. The maximum absolute atomic E-state index is 11.3. The monoisotopic (exact) mass is 170 g/mol. The average Bonchev–Trinajstić information content (AvgIpc) is 1.96. The van der Waals surface area contributed by atoms with Gasteiger partial charge in [0.1, 0.15) is 0 Å². The lowest BCUT2D eigenvalue weighted by molar-refractivity contribution is -0.125. The first-order valence-electron chi connectivity index (χ1n) is 4.67. The second-order valence-electron chi connectivity index (χ2n) is 3.77. The fraction of sp³-hybridized carbons (Fsp3) is 0.889. The smallest absolute Gasteiger partial charge is 0.237 e. The van der Waals surface area contributed by atoms with Crippen molar-refractivity contribution in [3.05, 3.63) is 0 Å². The van der Waals surface area contributed by atoms with Crippen molar-refractivity contribution < 1.29 is 4.79 Å². The third kappa shape index (κ3) is 1.78. The maximum Gasteiger partial charge on any atom is 0.237 e. The van der Waals surface area contributed by atoms with E-state index in [2.05, 4.69) is 12.2 Å². The molecule has 0 heterocycles. The van der Waals surface area contributed by atoms with Crippen LogP contribution in [0.1, 0.15) is 39.5 Å². The zero-order valence-electron chi connectivity index (χ0n) is 7.89. The van der Waals surface area contributed by atoms with Crippen LogP contribution in [0.2, 0.25) is 0 Å². The van der Waals surface area contributed by atoms with E-state index in [-0.39, 0.29) is 17.5 Å². The molecule has 0 aromatic rings. The largest absolute Gasteiger partial charge is 0.349 e. The molecule has 12 heavy (non-hydrogen) atoms. The van der Waals surface area contributed by atoms with Crippen molar-refractivity contribution in [3.63, 3.8) is 0 Å². The first-order chi connectivity index (χ1) is 5.59. The quantitative estimate of drug-likeness (QED) is 0.657. The average molecular weight is 170 g/mol. The molecule has 70 valence electrons. The van der Waals surface area contributed by atoms with Crippen LogP contribution in [0, 0.1) is 0 Å². The highest BCUT2D eigenvalue weighted by Crippen LogP contribution is 2.34. The van der Waals surface area contributed by atoms with Gasteiger partial charge in [0.25, 0.3) is 0 Å². The SMILES string of the molecule is CCC1(NC(=O)[C@H](C)N)CCC1. The number of hydrogen-bond acceptors (Lipinski definition) is 2. The van der Waals surface area contributed by atoms with Crippen LogP contribution in [0.3, 0.4) is 0 Å². The predicted octanol–water partition coefficient (Wildman–Crippen LogP) is 0.782. The molecular formula is C9H18N2O. The number of nitrogens with two attached hydrogens (primary N) is 1. The van der Waals surface area contributed by atoms with Crippen molar-refractivity contribution in [2.24, 2.45) is 5.73 Å². The van der Waals surface area contributed by atoms with E-state index in [1.807, 2.05) is 0 Å². The van der Waals surface area contributed by atoms with Crippen LogP contribution in [0.25, 0.3) is 0 Å². The summed E-state index contributed by atoms with van der Waals surface area (Å²) in [4.78, 5) is 11.3. The van der Waals surface area contributed by atoms with Crippen LogP contribution in [-0.4, -0.2) is 17.5 Å². The second-order valence-corrected chi connectivity index (χ2v) is 3.77. The highest BCUT2D eigenvalue weighted by Gasteiger charge is 2.36. The van der Waals surface area contributed by atoms with Gasteiger partial charge in [-0.3, -0.25) is 4.79 Å². The van der Waals surface area contributed by atoms with Crippen molar-refractivity contribution in [1.29, 1.82) is 0 Å². The van der Waals surface area contributed by atoms with Crippen LogP contribution in [-0.2, 0) is 4.79 Å². The lowest BCUT2D eigenvalue weighted by Crippen LogP contribution is -2.56. The van der Waals surface area contributed by atoms with E-state index in [0.717, 1.165) is 19.3 Å². The molecule has 0 radical (unpaired) electrons. The Morgan fingerprint density at radius 2 is 2.25 bits per heavy atom. The zero-order valence-corrected chi connectivity index (χ0v) is 7.89. The molecule has 0 aromatic carbocycles. The lowest BCUT2D eigenvalue weighted by Gasteiger charge is -2.42. The number of nitrogens with one attached hydrogen (secondary N) is 1. The van der Waals surface area contributed by atoms with E-state index >= 15 is 0 Å². The summed E-state index contributed by atoms with van der Waals surface area (Å²) >= 11 is 0. The standard InChI is InChI=1S/C9H18N2O/c1-3-9(5-4-6-9)11-8(12)7(2)10/h7H,3-6,10H2,1-2H3,(H,11,12)/t7-/m0/s1. The van der Waals surface area contributed by atoms with Gasteiger partial charge in [0, 0.05) is 5.54 Å². The van der Waals surface area contributed by atoms with E-state index in [1.165, 1.54) is 6.42 Å². The van der Waals surface area contributed by atoms with Gasteiger partial charge < -0.3 is 11.1 Å². The molecule has 1 saturated carbocycles. The van der Waals surface area contributed by atoms with Gasteiger partial charge in [-0.2, -0.15) is 0 Å². The molecule has 1 rings (SSSR count). The third-order valence-corrected chi connectivity index (χ3v) is 2.79. The van der Waals surface area contributed by atoms with E-state index in [9.17, 15) is 4.79 Å². The van der Waals surface area contributed by atoms with Gasteiger partial charge >= 0.3 is 0 Å². The van der Waals surface area contributed by atoms with Crippen LogP contribution in [0.15, 0.2) is 0 Å². The first-order valence-corrected chi connectivity index (χ1v) is 4.67. The molecule has 0 bridgehead atoms. The number of carbonyl (C=O) groups is 1. The summed E-state index contributed by atoms with van der Waals surface area (Å²) in [6.07, 6.45) is 4.47. The molecule has 3 N–H and O–H groups in total. The van der Waals surface area contributed by atoms with Crippen LogP contribution in [0.4, 0.5) is 0 Å². The van der Waals surface area contributed by atoms with E-state index in [4.69, 9.17) is 5.73 Å². The molecule has 3 nitrogen and oxygen atoms in total. The summed E-state index contributed by atoms with van der Waals surface area (Å²) < 4.78 is 0.